The minimum absolute atomic E-state index is 0.0116. The molecule has 1 saturated heterocycles. The van der Waals surface area contributed by atoms with Crippen molar-refractivity contribution in [3.05, 3.63) is 36.3 Å². The fourth-order valence-electron chi connectivity index (χ4n) is 4.24. The summed E-state index contributed by atoms with van der Waals surface area (Å²) < 4.78 is 1.98. The highest BCUT2D eigenvalue weighted by Crippen LogP contribution is 2.38. The van der Waals surface area contributed by atoms with Crippen LogP contribution >= 0.6 is 0 Å². The van der Waals surface area contributed by atoms with E-state index < -0.39 is 0 Å². The molecule has 2 fully saturated rings. The standard InChI is InChI=1S/C23H32N8O/c1-15(2)25-13-18(12-24)17-10-19(11-17)29-8-9-30(23(29)32)21-7-5-6-20(27-21)22-28-26-14-31(22)16(3)4/h5-7,12-17,19H,8-11,24H2,1-4H3. The first-order chi connectivity index (χ1) is 15.4. The van der Waals surface area contributed by atoms with Gasteiger partial charge in [-0.25, -0.2) is 9.78 Å². The van der Waals surface area contributed by atoms with Crippen LogP contribution in [0.25, 0.3) is 11.5 Å². The molecule has 1 saturated carbocycles. The van der Waals surface area contributed by atoms with Crippen LogP contribution < -0.4 is 10.6 Å². The molecule has 0 unspecified atom stereocenters. The zero-order chi connectivity index (χ0) is 22.8. The van der Waals surface area contributed by atoms with Crippen LogP contribution in [0.2, 0.25) is 0 Å². The summed E-state index contributed by atoms with van der Waals surface area (Å²) in [6, 6.07) is 6.40. The molecule has 32 heavy (non-hydrogen) atoms. The Kier molecular flexibility index (Phi) is 6.25. The van der Waals surface area contributed by atoms with Gasteiger partial charge in [-0.15, -0.1) is 10.2 Å². The second-order valence-electron chi connectivity index (χ2n) is 9.02. The van der Waals surface area contributed by atoms with Gasteiger partial charge in [0.15, 0.2) is 5.82 Å². The van der Waals surface area contributed by atoms with Crippen molar-refractivity contribution in [1.29, 1.82) is 0 Å². The van der Waals surface area contributed by atoms with Crippen LogP contribution in [0.5, 0.6) is 0 Å². The van der Waals surface area contributed by atoms with E-state index in [2.05, 4.69) is 29.0 Å². The van der Waals surface area contributed by atoms with Gasteiger partial charge in [-0.05, 0) is 70.4 Å². The van der Waals surface area contributed by atoms with Crippen LogP contribution in [-0.4, -0.2) is 62.1 Å². The maximum absolute atomic E-state index is 13.2. The number of amides is 2. The Balaban J connectivity index is 1.43. The predicted octanol–water partition coefficient (Wildman–Crippen LogP) is 3.26. The molecule has 0 atom stereocenters. The number of hydrogen-bond acceptors (Lipinski definition) is 6. The molecule has 4 rings (SSSR count). The summed E-state index contributed by atoms with van der Waals surface area (Å²) in [5.74, 6) is 1.71. The number of aromatic nitrogens is 4. The minimum Gasteiger partial charge on any atom is -0.404 e. The van der Waals surface area contributed by atoms with Gasteiger partial charge in [0.1, 0.15) is 17.8 Å². The number of hydrogen-bond donors (Lipinski definition) is 1. The molecular formula is C23H32N8O. The molecule has 0 aromatic carbocycles. The molecule has 2 aliphatic rings. The molecule has 9 heteroatoms. The van der Waals surface area contributed by atoms with Crippen LogP contribution in [0.4, 0.5) is 10.6 Å². The molecule has 2 aromatic heterocycles. The lowest BCUT2D eigenvalue weighted by molar-refractivity contribution is 0.135. The second kappa shape index (κ2) is 9.10. The highest BCUT2D eigenvalue weighted by Gasteiger charge is 2.42. The molecule has 9 nitrogen and oxygen atoms in total. The molecule has 3 heterocycles. The largest absolute Gasteiger partial charge is 0.404 e. The van der Waals surface area contributed by atoms with Crippen LogP contribution in [-0.2, 0) is 0 Å². The molecule has 0 radical (unpaired) electrons. The highest BCUT2D eigenvalue weighted by atomic mass is 16.2. The third-order valence-corrected chi connectivity index (χ3v) is 6.15. The quantitative estimate of drug-likeness (QED) is 0.671. The molecule has 170 valence electrons. The van der Waals surface area contributed by atoms with Crippen molar-refractivity contribution in [2.75, 3.05) is 18.0 Å². The number of carbonyl (C=O) groups is 1. The summed E-state index contributed by atoms with van der Waals surface area (Å²) in [5.41, 5.74) is 7.59. The van der Waals surface area contributed by atoms with Gasteiger partial charge >= 0.3 is 6.03 Å². The summed E-state index contributed by atoms with van der Waals surface area (Å²) >= 11 is 0. The van der Waals surface area contributed by atoms with Crippen LogP contribution in [0, 0.1) is 5.92 Å². The molecule has 0 bridgehead atoms. The van der Waals surface area contributed by atoms with Crippen LogP contribution in [0.1, 0.15) is 46.6 Å². The lowest BCUT2D eigenvalue weighted by Crippen LogP contribution is -2.47. The summed E-state index contributed by atoms with van der Waals surface area (Å²) in [6.07, 6.45) is 7.07. The summed E-state index contributed by atoms with van der Waals surface area (Å²) in [6.45, 7) is 9.56. The van der Waals surface area contributed by atoms with Crippen molar-refractivity contribution < 1.29 is 4.79 Å². The second-order valence-corrected chi connectivity index (χ2v) is 9.02. The Bertz CT molecular complexity index is 1020. The number of nitrogens with zero attached hydrogens (tertiary/aromatic N) is 7. The van der Waals surface area contributed by atoms with Crippen molar-refractivity contribution in [1.82, 2.24) is 24.6 Å². The zero-order valence-corrected chi connectivity index (χ0v) is 19.2. The molecule has 2 amide bonds. The van der Waals surface area contributed by atoms with E-state index in [1.807, 2.05) is 47.7 Å². The number of aliphatic imine (C=N–C) groups is 1. The first kappa shape index (κ1) is 22.0. The van der Waals surface area contributed by atoms with Gasteiger partial charge in [0.05, 0.1) is 0 Å². The van der Waals surface area contributed by atoms with E-state index in [1.54, 1.807) is 17.4 Å². The van der Waals surface area contributed by atoms with Gasteiger partial charge in [-0.2, -0.15) is 0 Å². The molecule has 2 aromatic rings. The fourth-order valence-corrected chi connectivity index (χ4v) is 4.24. The van der Waals surface area contributed by atoms with Gasteiger partial charge in [0.2, 0.25) is 0 Å². The van der Waals surface area contributed by atoms with Crippen molar-refractivity contribution in [2.24, 2.45) is 16.6 Å². The number of rotatable bonds is 7. The van der Waals surface area contributed by atoms with Gasteiger partial charge in [0.25, 0.3) is 0 Å². The van der Waals surface area contributed by atoms with Crippen molar-refractivity contribution in [3.63, 3.8) is 0 Å². The van der Waals surface area contributed by atoms with Gasteiger partial charge in [0, 0.05) is 37.4 Å². The number of urea groups is 1. The average molecular weight is 437 g/mol. The van der Waals surface area contributed by atoms with Gasteiger partial charge < -0.3 is 15.2 Å². The number of nitrogens with two attached hydrogens (primary N) is 1. The maximum Gasteiger partial charge on any atom is 0.326 e. The normalized spacial score (nSPS) is 21.9. The third-order valence-electron chi connectivity index (χ3n) is 6.15. The van der Waals surface area contributed by atoms with E-state index in [4.69, 9.17) is 10.7 Å². The first-order valence-electron chi connectivity index (χ1n) is 11.3. The Morgan fingerprint density at radius 1 is 1.22 bits per heavy atom. The molecule has 1 aliphatic heterocycles. The fraction of sp³-hybridized carbons (Fsp3) is 0.522. The Morgan fingerprint density at radius 2 is 2.00 bits per heavy atom. The van der Waals surface area contributed by atoms with Gasteiger partial charge in [-0.1, -0.05) is 6.07 Å². The number of anilines is 1. The topological polar surface area (TPSA) is 106 Å². The Labute approximate surface area is 189 Å². The lowest BCUT2D eigenvalue weighted by Gasteiger charge is -2.41. The van der Waals surface area contributed by atoms with Crippen molar-refractivity contribution in [2.45, 2.75) is 58.7 Å². The number of pyridine rings is 1. The minimum atomic E-state index is 0.0116. The Morgan fingerprint density at radius 3 is 2.69 bits per heavy atom. The number of allylic oxidation sites excluding steroid dienone is 1. The van der Waals surface area contributed by atoms with E-state index in [1.165, 1.54) is 0 Å². The van der Waals surface area contributed by atoms with Gasteiger partial charge in [-0.3, -0.25) is 9.89 Å². The summed E-state index contributed by atoms with van der Waals surface area (Å²) in [4.78, 5) is 26.1. The van der Waals surface area contributed by atoms with E-state index in [9.17, 15) is 4.79 Å². The lowest BCUT2D eigenvalue weighted by atomic mass is 9.75. The monoisotopic (exact) mass is 436 g/mol. The zero-order valence-electron chi connectivity index (χ0n) is 19.2. The van der Waals surface area contributed by atoms with Crippen molar-refractivity contribution >= 4 is 18.1 Å². The summed E-state index contributed by atoms with van der Waals surface area (Å²) in [7, 11) is 0. The molecule has 2 N–H and O–H groups in total. The maximum atomic E-state index is 13.2. The molecule has 1 aliphatic carbocycles. The van der Waals surface area contributed by atoms with E-state index >= 15 is 0 Å². The molecule has 0 spiro atoms. The average Bonchev–Trinajstić information content (AvgIpc) is 3.37. The summed E-state index contributed by atoms with van der Waals surface area (Å²) in [5, 5.41) is 8.26. The van der Waals surface area contributed by atoms with E-state index in [0.29, 0.717) is 36.3 Å². The van der Waals surface area contributed by atoms with E-state index in [0.717, 1.165) is 18.4 Å². The van der Waals surface area contributed by atoms with Crippen molar-refractivity contribution in [3.8, 4) is 11.5 Å². The van der Waals surface area contributed by atoms with E-state index in [-0.39, 0.29) is 24.2 Å². The van der Waals surface area contributed by atoms with Crippen LogP contribution in [0.15, 0.2) is 41.3 Å². The SMILES string of the molecule is CC(C)N=CC(=CN)C1CC(N2CCN(c3cccc(-c4nncn4C(C)C)n3)C2=O)C1. The number of carbonyl (C=O) groups excluding carboxylic acids is 1. The first-order valence-corrected chi connectivity index (χ1v) is 11.3. The Hall–Kier alpha value is -3.23. The highest BCUT2D eigenvalue weighted by molar-refractivity contribution is 5.93. The third kappa shape index (κ3) is 4.24. The smallest absolute Gasteiger partial charge is 0.326 e. The molecular weight excluding hydrogens is 404 g/mol. The van der Waals surface area contributed by atoms with Crippen LogP contribution in [0.3, 0.4) is 0 Å². The predicted molar refractivity (Wildman–Crippen MR) is 125 cm³/mol.